The molecule has 118 valence electrons. The van der Waals surface area contributed by atoms with Crippen LogP contribution in [0.2, 0.25) is 5.02 Å². The van der Waals surface area contributed by atoms with E-state index in [1.165, 1.54) is 0 Å². The molecule has 0 aliphatic rings. The lowest BCUT2D eigenvalue weighted by atomic mass is 10.2. The number of hydrogen-bond acceptors (Lipinski definition) is 3. The lowest BCUT2D eigenvalue weighted by Crippen LogP contribution is -2.27. The number of anilines is 2. The first-order valence-electron chi connectivity index (χ1n) is 7.64. The first-order valence-corrected chi connectivity index (χ1v) is 8.01. The van der Waals surface area contributed by atoms with Gasteiger partial charge in [-0.15, -0.1) is 0 Å². The van der Waals surface area contributed by atoms with Crippen molar-refractivity contribution in [1.29, 1.82) is 0 Å². The Kier molecular flexibility index (Phi) is 8.16. The van der Waals surface area contributed by atoms with E-state index in [0.717, 1.165) is 38.9 Å². The summed E-state index contributed by atoms with van der Waals surface area (Å²) in [5.41, 5.74) is 6.89. The van der Waals surface area contributed by atoms with Crippen molar-refractivity contribution in [2.45, 2.75) is 39.5 Å². The molecule has 4 nitrogen and oxygen atoms in total. The van der Waals surface area contributed by atoms with E-state index in [1.54, 1.807) is 18.2 Å². The normalized spacial score (nSPS) is 10.9. The summed E-state index contributed by atoms with van der Waals surface area (Å²) in [4.78, 5) is 14.3. The largest absolute Gasteiger partial charge is 0.397 e. The molecule has 21 heavy (non-hydrogen) atoms. The Morgan fingerprint density at radius 3 is 2.48 bits per heavy atom. The maximum Gasteiger partial charge on any atom is 0.224 e. The second kappa shape index (κ2) is 9.64. The Morgan fingerprint density at radius 1 is 1.24 bits per heavy atom. The summed E-state index contributed by atoms with van der Waals surface area (Å²) in [5, 5.41) is 3.35. The van der Waals surface area contributed by atoms with Crippen molar-refractivity contribution in [3.8, 4) is 0 Å². The quantitative estimate of drug-likeness (QED) is 0.683. The summed E-state index contributed by atoms with van der Waals surface area (Å²) in [6.45, 7) is 7.53. The molecule has 0 spiro atoms. The number of hydrogen-bond donors (Lipinski definition) is 2. The summed E-state index contributed by atoms with van der Waals surface area (Å²) in [7, 11) is 0. The molecule has 0 radical (unpaired) electrons. The van der Waals surface area contributed by atoms with Crippen molar-refractivity contribution in [3.05, 3.63) is 23.2 Å². The maximum absolute atomic E-state index is 11.9. The maximum atomic E-state index is 11.9. The highest BCUT2D eigenvalue weighted by Crippen LogP contribution is 2.22. The van der Waals surface area contributed by atoms with Crippen LogP contribution in [0.5, 0.6) is 0 Å². The van der Waals surface area contributed by atoms with Gasteiger partial charge >= 0.3 is 0 Å². The van der Waals surface area contributed by atoms with E-state index < -0.39 is 0 Å². The molecule has 3 N–H and O–H groups in total. The van der Waals surface area contributed by atoms with Gasteiger partial charge in [0.1, 0.15) is 0 Å². The number of nitrogens with two attached hydrogens (primary N) is 1. The number of benzene rings is 1. The van der Waals surface area contributed by atoms with Crippen LogP contribution in [0.3, 0.4) is 0 Å². The molecule has 1 amide bonds. The Hall–Kier alpha value is -1.26. The van der Waals surface area contributed by atoms with Crippen LogP contribution in [0.15, 0.2) is 18.2 Å². The third-order valence-corrected chi connectivity index (χ3v) is 3.58. The van der Waals surface area contributed by atoms with Gasteiger partial charge in [-0.3, -0.25) is 4.79 Å². The number of rotatable bonds is 9. The molecule has 0 bridgehead atoms. The molecule has 0 heterocycles. The van der Waals surface area contributed by atoms with Crippen molar-refractivity contribution in [2.24, 2.45) is 0 Å². The second-order valence-corrected chi connectivity index (χ2v) is 5.64. The molecule has 0 saturated carbocycles. The Labute approximate surface area is 132 Å². The van der Waals surface area contributed by atoms with Gasteiger partial charge in [0, 0.05) is 12.1 Å². The van der Waals surface area contributed by atoms with Gasteiger partial charge in [-0.2, -0.15) is 0 Å². The van der Waals surface area contributed by atoms with Crippen molar-refractivity contribution in [3.63, 3.8) is 0 Å². The zero-order chi connectivity index (χ0) is 15.7. The van der Waals surface area contributed by atoms with Crippen LogP contribution in [0.4, 0.5) is 11.4 Å². The highest BCUT2D eigenvalue weighted by Gasteiger charge is 2.07. The van der Waals surface area contributed by atoms with E-state index in [0.29, 0.717) is 22.8 Å². The van der Waals surface area contributed by atoms with Gasteiger partial charge in [0.25, 0.3) is 0 Å². The lowest BCUT2D eigenvalue weighted by Gasteiger charge is -2.20. The molecule has 1 aromatic carbocycles. The predicted octanol–water partition coefficient (Wildman–Crippen LogP) is 3.76. The van der Waals surface area contributed by atoms with E-state index in [9.17, 15) is 4.79 Å². The van der Waals surface area contributed by atoms with Gasteiger partial charge in [-0.1, -0.05) is 25.4 Å². The van der Waals surface area contributed by atoms with Gasteiger partial charge in [0.2, 0.25) is 5.91 Å². The minimum Gasteiger partial charge on any atom is -0.397 e. The van der Waals surface area contributed by atoms with E-state index in [-0.39, 0.29) is 5.91 Å². The van der Waals surface area contributed by atoms with E-state index in [4.69, 9.17) is 17.3 Å². The molecule has 0 fully saturated rings. The summed E-state index contributed by atoms with van der Waals surface area (Å²) in [5.74, 6) is 0.0182. The third kappa shape index (κ3) is 6.82. The van der Waals surface area contributed by atoms with Crippen LogP contribution in [0, 0.1) is 0 Å². The average Bonchev–Trinajstić information content (AvgIpc) is 2.43. The van der Waals surface area contributed by atoms with E-state index >= 15 is 0 Å². The number of carbonyl (C=O) groups is 1. The number of halogens is 1. The smallest absolute Gasteiger partial charge is 0.224 e. The van der Waals surface area contributed by atoms with E-state index in [1.807, 2.05) is 0 Å². The number of carbonyl (C=O) groups excluding carboxylic acids is 1. The molecule has 5 heteroatoms. The third-order valence-electron chi connectivity index (χ3n) is 3.24. The summed E-state index contributed by atoms with van der Waals surface area (Å²) >= 11 is 5.85. The minimum atomic E-state index is 0.0182. The zero-order valence-corrected chi connectivity index (χ0v) is 13.7. The van der Waals surface area contributed by atoms with Crippen molar-refractivity contribution < 1.29 is 4.79 Å². The fraction of sp³-hybridized carbons (Fsp3) is 0.562. The number of amides is 1. The standard InChI is InChI=1S/C16H26ClN3O/c1-3-9-20(10-4-2)11-5-6-16(21)19-13-7-8-14(17)15(18)12-13/h7-8,12H,3-6,9-11,18H2,1-2H3,(H,19,21). The first kappa shape index (κ1) is 17.8. The Balaban J connectivity index is 2.34. The van der Waals surface area contributed by atoms with Crippen LogP contribution < -0.4 is 11.1 Å². The van der Waals surface area contributed by atoms with Crippen LogP contribution in [-0.2, 0) is 4.79 Å². The topological polar surface area (TPSA) is 58.4 Å². The lowest BCUT2D eigenvalue weighted by molar-refractivity contribution is -0.116. The van der Waals surface area contributed by atoms with Crippen molar-refractivity contribution in [1.82, 2.24) is 4.90 Å². The zero-order valence-electron chi connectivity index (χ0n) is 13.0. The molecule has 0 aromatic heterocycles. The number of nitrogens with zero attached hydrogens (tertiary/aromatic N) is 1. The molecule has 0 saturated heterocycles. The molecule has 1 rings (SSSR count). The summed E-state index contributed by atoms with van der Waals surface area (Å²) in [6, 6.07) is 5.13. The second-order valence-electron chi connectivity index (χ2n) is 5.23. The van der Waals surface area contributed by atoms with E-state index in [2.05, 4.69) is 24.1 Å². The molecule has 0 aliphatic heterocycles. The Bertz CT molecular complexity index is 445. The van der Waals surface area contributed by atoms with Gasteiger partial charge in [-0.05, 0) is 57.1 Å². The highest BCUT2D eigenvalue weighted by atomic mass is 35.5. The fourth-order valence-electron chi connectivity index (χ4n) is 2.28. The van der Waals surface area contributed by atoms with Crippen LogP contribution in [0.25, 0.3) is 0 Å². The fourth-order valence-corrected chi connectivity index (χ4v) is 2.39. The van der Waals surface area contributed by atoms with Crippen molar-refractivity contribution >= 4 is 28.9 Å². The number of nitrogens with one attached hydrogen (secondary N) is 1. The van der Waals surface area contributed by atoms with Gasteiger partial charge in [-0.25, -0.2) is 0 Å². The van der Waals surface area contributed by atoms with Crippen molar-refractivity contribution in [2.75, 3.05) is 30.7 Å². The summed E-state index contributed by atoms with van der Waals surface area (Å²) < 4.78 is 0. The molecular formula is C16H26ClN3O. The van der Waals surface area contributed by atoms with Gasteiger partial charge in [0.15, 0.2) is 0 Å². The molecule has 0 unspecified atom stereocenters. The van der Waals surface area contributed by atoms with Crippen LogP contribution in [-0.4, -0.2) is 30.4 Å². The monoisotopic (exact) mass is 311 g/mol. The Morgan fingerprint density at radius 2 is 1.90 bits per heavy atom. The van der Waals surface area contributed by atoms with Crippen LogP contribution >= 0.6 is 11.6 Å². The SMILES string of the molecule is CCCN(CCC)CCCC(=O)Nc1ccc(Cl)c(N)c1. The highest BCUT2D eigenvalue weighted by molar-refractivity contribution is 6.33. The van der Waals surface area contributed by atoms with Gasteiger partial charge in [0.05, 0.1) is 10.7 Å². The molecule has 0 atom stereocenters. The molecule has 1 aromatic rings. The predicted molar refractivity (Wildman–Crippen MR) is 90.8 cm³/mol. The average molecular weight is 312 g/mol. The minimum absolute atomic E-state index is 0.0182. The van der Waals surface area contributed by atoms with Crippen LogP contribution in [0.1, 0.15) is 39.5 Å². The van der Waals surface area contributed by atoms with Gasteiger partial charge < -0.3 is 16.0 Å². The summed E-state index contributed by atoms with van der Waals surface area (Å²) in [6.07, 6.45) is 3.69. The molecular weight excluding hydrogens is 286 g/mol. The first-order chi connectivity index (χ1) is 10.1. The number of nitrogen functional groups attached to an aromatic ring is 1. The molecule has 0 aliphatic carbocycles.